The first-order chi connectivity index (χ1) is 12.4. The van der Waals surface area contributed by atoms with Gasteiger partial charge in [0, 0.05) is 16.9 Å². The summed E-state index contributed by atoms with van der Waals surface area (Å²) in [6.45, 7) is 15.4. The fourth-order valence-corrected chi connectivity index (χ4v) is 4.08. The van der Waals surface area contributed by atoms with Gasteiger partial charge in [-0.1, -0.05) is 82.4 Å². The van der Waals surface area contributed by atoms with Gasteiger partial charge in [-0.3, -0.25) is 0 Å². The highest BCUT2D eigenvalue weighted by Gasteiger charge is 2.28. The molecular formula is C26H30. The molecule has 1 atom stereocenters. The summed E-state index contributed by atoms with van der Waals surface area (Å²) in [5, 5.41) is 0. The van der Waals surface area contributed by atoms with Crippen LogP contribution in [0, 0.1) is 18.1 Å². The number of rotatable bonds is 3. The molecule has 0 N–H and O–H groups in total. The van der Waals surface area contributed by atoms with Crippen LogP contribution in [-0.2, 0) is 11.8 Å². The van der Waals surface area contributed by atoms with Crippen LogP contribution in [0.5, 0.6) is 0 Å². The molecule has 1 aromatic carbocycles. The molecule has 0 heterocycles. The molecule has 0 heteroatoms. The summed E-state index contributed by atoms with van der Waals surface area (Å²) in [5.74, 6) is 0.400. The van der Waals surface area contributed by atoms with Crippen molar-refractivity contribution in [3.63, 3.8) is 0 Å². The maximum atomic E-state index is 4.40. The lowest BCUT2D eigenvalue weighted by Crippen LogP contribution is -2.20. The first-order valence-electron chi connectivity index (χ1n) is 9.81. The predicted molar refractivity (Wildman–Crippen MR) is 112 cm³/mol. The van der Waals surface area contributed by atoms with Crippen molar-refractivity contribution in [3.05, 3.63) is 95.1 Å². The average Bonchev–Trinajstić information content (AvgIpc) is 2.67. The van der Waals surface area contributed by atoms with E-state index >= 15 is 0 Å². The molecule has 0 nitrogen and oxygen atoms in total. The van der Waals surface area contributed by atoms with Gasteiger partial charge in [-0.2, -0.15) is 0 Å². The van der Waals surface area contributed by atoms with E-state index in [4.69, 9.17) is 0 Å². The van der Waals surface area contributed by atoms with E-state index in [1.54, 1.807) is 0 Å². The zero-order valence-corrected chi connectivity index (χ0v) is 16.5. The number of hydrogen-bond donors (Lipinski definition) is 0. The van der Waals surface area contributed by atoms with Crippen molar-refractivity contribution in [3.8, 4) is 0 Å². The zero-order valence-electron chi connectivity index (χ0n) is 16.5. The van der Waals surface area contributed by atoms with Crippen LogP contribution >= 0.6 is 0 Å². The molecule has 0 spiro atoms. The van der Waals surface area contributed by atoms with E-state index in [2.05, 4.69) is 76.4 Å². The minimum Gasteiger partial charge on any atom is -0.0955 e. The van der Waals surface area contributed by atoms with E-state index in [0.29, 0.717) is 5.92 Å². The molecule has 0 aliphatic heterocycles. The smallest absolute Gasteiger partial charge is 0.0149 e. The van der Waals surface area contributed by atoms with Crippen LogP contribution in [0.2, 0.25) is 0 Å². The number of fused-ring (bicyclic) bond motifs is 1. The van der Waals surface area contributed by atoms with Gasteiger partial charge in [0.15, 0.2) is 0 Å². The summed E-state index contributed by atoms with van der Waals surface area (Å²) in [4.78, 5) is 0. The molecule has 1 unspecified atom stereocenters. The lowest BCUT2D eigenvalue weighted by Gasteiger charge is -2.27. The normalized spacial score (nSPS) is 23.6. The minimum atomic E-state index is -0.0844. The van der Waals surface area contributed by atoms with E-state index in [0.717, 1.165) is 31.3 Å². The summed E-state index contributed by atoms with van der Waals surface area (Å²) in [6.07, 6.45) is 14.7. The quantitative estimate of drug-likeness (QED) is 0.563. The molecule has 0 saturated carbocycles. The van der Waals surface area contributed by atoms with Crippen molar-refractivity contribution >= 4 is 0 Å². The van der Waals surface area contributed by atoms with E-state index in [1.165, 1.54) is 34.3 Å². The second kappa shape index (κ2) is 7.55. The van der Waals surface area contributed by atoms with Gasteiger partial charge < -0.3 is 0 Å². The van der Waals surface area contributed by atoms with Crippen LogP contribution in [0.3, 0.4) is 0 Å². The van der Waals surface area contributed by atoms with Crippen LogP contribution in [0.4, 0.5) is 0 Å². The summed E-state index contributed by atoms with van der Waals surface area (Å²) in [5.41, 5.74) is 7.85. The standard InChI is InChI=1S/C26H30/c1-6-9-21-14-12-19(2)18-24(21)22-15-13-20(3)26(4,5)25-11-8-7-10-23(25)17-16-22/h8,11,13-15,18,22H,2-3,6,9,12,16-17H2,1,4-5H3/b15-13-. The summed E-state index contributed by atoms with van der Waals surface area (Å²) in [6, 6.07) is 10.7. The van der Waals surface area contributed by atoms with Gasteiger partial charge in [-0.15, -0.1) is 0 Å². The number of allylic oxidation sites excluding steroid dienone is 8. The Morgan fingerprint density at radius 2 is 2.08 bits per heavy atom. The molecule has 2 aliphatic rings. The van der Waals surface area contributed by atoms with Gasteiger partial charge >= 0.3 is 0 Å². The molecule has 134 valence electrons. The van der Waals surface area contributed by atoms with Crippen LogP contribution in [-0.4, -0.2) is 0 Å². The van der Waals surface area contributed by atoms with Crippen LogP contribution in [0.1, 0.15) is 57.6 Å². The molecule has 3 rings (SSSR count). The monoisotopic (exact) mass is 342 g/mol. The molecule has 0 fully saturated rings. The van der Waals surface area contributed by atoms with E-state index in [9.17, 15) is 0 Å². The van der Waals surface area contributed by atoms with Gasteiger partial charge in [-0.25, -0.2) is 0 Å². The first kappa shape index (κ1) is 18.5. The van der Waals surface area contributed by atoms with Crippen molar-refractivity contribution in [2.24, 2.45) is 5.92 Å². The van der Waals surface area contributed by atoms with Crippen molar-refractivity contribution in [1.82, 2.24) is 0 Å². The largest absolute Gasteiger partial charge is 0.0955 e. The van der Waals surface area contributed by atoms with E-state index < -0.39 is 0 Å². The van der Waals surface area contributed by atoms with Crippen molar-refractivity contribution < 1.29 is 0 Å². The van der Waals surface area contributed by atoms with Gasteiger partial charge in [0.1, 0.15) is 0 Å². The van der Waals surface area contributed by atoms with Crippen molar-refractivity contribution in [2.75, 3.05) is 0 Å². The molecule has 0 amide bonds. The minimum absolute atomic E-state index is 0.0844. The second-order valence-electron chi connectivity index (χ2n) is 8.09. The summed E-state index contributed by atoms with van der Waals surface area (Å²) < 4.78 is 0. The van der Waals surface area contributed by atoms with Crippen LogP contribution in [0.15, 0.2) is 71.9 Å². The van der Waals surface area contributed by atoms with Gasteiger partial charge in [0.2, 0.25) is 0 Å². The lowest BCUT2D eigenvalue weighted by atomic mass is 9.76. The molecule has 26 heavy (non-hydrogen) atoms. The Bertz CT molecular complexity index is 795. The highest BCUT2D eigenvalue weighted by atomic mass is 14.3. The highest BCUT2D eigenvalue weighted by molar-refractivity contribution is 5.48. The summed E-state index contributed by atoms with van der Waals surface area (Å²) >= 11 is 0. The Labute approximate surface area is 159 Å². The van der Waals surface area contributed by atoms with Crippen molar-refractivity contribution in [1.29, 1.82) is 0 Å². The SMILES string of the molecule is C=C1C=C(C2/C=C\C(=C)C(C)(C)c3ccc#cc3CC2)C(CCC)=CC1. The Morgan fingerprint density at radius 1 is 1.27 bits per heavy atom. The topological polar surface area (TPSA) is 0 Å². The molecule has 0 bridgehead atoms. The Balaban J connectivity index is 2.00. The van der Waals surface area contributed by atoms with Crippen molar-refractivity contribution in [2.45, 2.75) is 58.3 Å². The Kier molecular flexibility index (Phi) is 5.38. The molecule has 0 saturated heterocycles. The maximum absolute atomic E-state index is 4.40. The molecule has 1 aromatic rings. The maximum Gasteiger partial charge on any atom is 0.0149 e. The third kappa shape index (κ3) is 3.63. The average molecular weight is 343 g/mol. The third-order valence-electron chi connectivity index (χ3n) is 5.85. The highest BCUT2D eigenvalue weighted by Crippen LogP contribution is 2.38. The molecule has 0 radical (unpaired) electrons. The molecular weight excluding hydrogens is 312 g/mol. The first-order valence-corrected chi connectivity index (χ1v) is 9.81. The van der Waals surface area contributed by atoms with E-state index in [1.807, 2.05) is 6.07 Å². The second-order valence-corrected chi connectivity index (χ2v) is 8.09. The van der Waals surface area contributed by atoms with Gasteiger partial charge in [0.05, 0.1) is 0 Å². The lowest BCUT2D eigenvalue weighted by molar-refractivity contribution is 0.627. The fraction of sp³-hybridized carbons (Fsp3) is 0.385. The molecule has 0 aromatic heterocycles. The zero-order chi connectivity index (χ0) is 18.7. The van der Waals surface area contributed by atoms with Crippen LogP contribution in [0.25, 0.3) is 0 Å². The molecule has 2 aliphatic carbocycles. The Hall–Kier alpha value is -2.26. The Morgan fingerprint density at radius 3 is 2.85 bits per heavy atom. The summed E-state index contributed by atoms with van der Waals surface area (Å²) in [7, 11) is 0. The number of hydrogen-bond acceptors (Lipinski definition) is 0. The van der Waals surface area contributed by atoms with E-state index in [-0.39, 0.29) is 5.41 Å². The van der Waals surface area contributed by atoms with Crippen LogP contribution < -0.4 is 0 Å². The predicted octanol–water partition coefficient (Wildman–Crippen LogP) is 6.85. The fourth-order valence-electron chi connectivity index (χ4n) is 4.08. The van der Waals surface area contributed by atoms with Gasteiger partial charge in [-0.05, 0) is 60.1 Å². The third-order valence-corrected chi connectivity index (χ3v) is 5.85. The van der Waals surface area contributed by atoms with Gasteiger partial charge in [0.25, 0.3) is 0 Å².